The van der Waals surface area contributed by atoms with E-state index < -0.39 is 8.41 Å². The molecule has 1 aromatic carbocycles. The minimum Gasteiger partial charge on any atom is -0.353 e. The Hall–Kier alpha value is -0.713. The Morgan fingerprint density at radius 3 is 2.58 bits per heavy atom. The van der Waals surface area contributed by atoms with Crippen molar-refractivity contribution >= 4 is 13.6 Å². The van der Waals surface area contributed by atoms with Crippen LogP contribution in [0.1, 0.15) is 58.9 Å². The summed E-state index contributed by atoms with van der Waals surface area (Å²) in [4.78, 5) is 0. The first-order valence-corrected chi connectivity index (χ1v) is 11.5. The van der Waals surface area contributed by atoms with Crippen LogP contribution in [0.5, 0.6) is 0 Å². The number of rotatable bonds is 8. The molecule has 0 spiro atoms. The predicted molar refractivity (Wildman–Crippen MR) is 101 cm³/mol. The molecule has 0 aromatic heterocycles. The summed E-state index contributed by atoms with van der Waals surface area (Å²) in [6.45, 7) is 9.63. The van der Waals surface area contributed by atoms with Gasteiger partial charge < -0.3 is 13.6 Å². The summed E-state index contributed by atoms with van der Waals surface area (Å²) in [5, 5.41) is 0.946. The Kier molecular flexibility index (Phi) is 7.45. The zero-order valence-corrected chi connectivity index (χ0v) is 16.7. The molecule has 0 amide bonds. The molecule has 136 valence electrons. The van der Waals surface area contributed by atoms with Gasteiger partial charge in [0, 0.05) is 6.61 Å². The van der Waals surface area contributed by atoms with Gasteiger partial charge in [-0.3, -0.25) is 0 Å². The summed E-state index contributed by atoms with van der Waals surface area (Å²) in [6.07, 6.45) is 5.22. The number of benzene rings is 1. The fraction of sp³-hybridized carbons (Fsp3) is 0.700. The van der Waals surface area contributed by atoms with E-state index in [1.54, 1.807) is 0 Å². The van der Waals surface area contributed by atoms with Crippen LogP contribution >= 0.6 is 0 Å². The molecule has 24 heavy (non-hydrogen) atoms. The maximum atomic E-state index is 15.7. The highest BCUT2D eigenvalue weighted by atomic mass is 28.4. The Morgan fingerprint density at radius 1 is 1.21 bits per heavy atom. The van der Waals surface area contributed by atoms with E-state index in [9.17, 15) is 0 Å². The quantitative estimate of drug-likeness (QED) is 0.368. The standard InChI is InChI=1S/C20H33FO2Si/c1-16(2)24(21,17(3)4)19-11-7-9-18(15-19)10-8-14-23-20-12-5-6-13-22-20/h7,9,11,15-17,20H,5-6,8,10,12-14H2,1-4H3. The summed E-state index contributed by atoms with van der Waals surface area (Å²) in [5.74, 6) is 0. The minimum absolute atomic E-state index is 0.0159. The van der Waals surface area contributed by atoms with Gasteiger partial charge in [0.15, 0.2) is 6.29 Å². The summed E-state index contributed by atoms with van der Waals surface area (Å²) in [7, 11) is -2.94. The van der Waals surface area contributed by atoms with E-state index in [-0.39, 0.29) is 17.4 Å². The molecule has 0 bridgehead atoms. The highest BCUT2D eigenvalue weighted by Gasteiger charge is 2.43. The third kappa shape index (κ3) is 4.90. The molecule has 1 atom stereocenters. The van der Waals surface area contributed by atoms with Gasteiger partial charge in [-0.1, -0.05) is 52.0 Å². The molecular formula is C20H33FO2Si. The fourth-order valence-corrected chi connectivity index (χ4v) is 7.06. The second-order valence-corrected chi connectivity index (χ2v) is 12.0. The molecule has 0 aliphatic carbocycles. The summed E-state index contributed by atoms with van der Waals surface area (Å²) < 4.78 is 27.0. The molecule has 4 heteroatoms. The lowest BCUT2D eigenvalue weighted by molar-refractivity contribution is -0.162. The molecule has 2 nitrogen and oxygen atoms in total. The van der Waals surface area contributed by atoms with Gasteiger partial charge in [-0.2, -0.15) is 0 Å². The van der Waals surface area contributed by atoms with E-state index in [0.29, 0.717) is 6.61 Å². The summed E-state index contributed by atoms with van der Waals surface area (Å²) in [6, 6.07) is 8.21. The molecule has 0 N–H and O–H groups in total. The Balaban J connectivity index is 1.90. The number of hydrogen-bond donors (Lipinski definition) is 0. The van der Waals surface area contributed by atoms with Gasteiger partial charge in [0.25, 0.3) is 8.41 Å². The van der Waals surface area contributed by atoms with Crippen molar-refractivity contribution in [2.24, 2.45) is 0 Å². The van der Waals surface area contributed by atoms with E-state index >= 15 is 4.11 Å². The van der Waals surface area contributed by atoms with Crippen LogP contribution in [-0.2, 0) is 15.9 Å². The lowest BCUT2D eigenvalue weighted by Crippen LogP contribution is -2.49. The number of halogens is 1. The molecule has 1 aliphatic heterocycles. The van der Waals surface area contributed by atoms with Crippen LogP contribution in [0.3, 0.4) is 0 Å². The zero-order chi connectivity index (χ0) is 17.6. The lowest BCUT2D eigenvalue weighted by Gasteiger charge is -2.31. The van der Waals surface area contributed by atoms with Gasteiger partial charge in [0.1, 0.15) is 0 Å². The van der Waals surface area contributed by atoms with Crippen LogP contribution in [0, 0.1) is 0 Å². The Labute approximate surface area is 147 Å². The number of hydrogen-bond acceptors (Lipinski definition) is 2. The predicted octanol–water partition coefficient (Wildman–Crippen LogP) is 5.10. The van der Waals surface area contributed by atoms with Gasteiger partial charge in [0.05, 0.1) is 6.61 Å². The van der Waals surface area contributed by atoms with Crippen molar-refractivity contribution in [1.29, 1.82) is 0 Å². The second kappa shape index (κ2) is 9.11. The molecule has 2 rings (SSSR count). The topological polar surface area (TPSA) is 18.5 Å². The summed E-state index contributed by atoms with van der Waals surface area (Å²) in [5.41, 5.74) is 1.41. The van der Waals surface area contributed by atoms with E-state index in [0.717, 1.165) is 37.5 Å². The largest absolute Gasteiger partial charge is 0.353 e. The molecule has 1 saturated heterocycles. The van der Waals surface area contributed by atoms with Gasteiger partial charge in [-0.25, -0.2) is 0 Å². The van der Waals surface area contributed by atoms with Crippen LogP contribution < -0.4 is 5.19 Å². The van der Waals surface area contributed by atoms with Crippen LogP contribution in [0.15, 0.2) is 24.3 Å². The first-order chi connectivity index (χ1) is 11.4. The van der Waals surface area contributed by atoms with Crippen molar-refractivity contribution in [3.8, 4) is 0 Å². The minimum atomic E-state index is -2.94. The van der Waals surface area contributed by atoms with E-state index in [2.05, 4.69) is 12.1 Å². The van der Waals surface area contributed by atoms with Crippen LogP contribution in [0.2, 0.25) is 11.1 Å². The lowest BCUT2D eigenvalue weighted by atomic mass is 10.1. The van der Waals surface area contributed by atoms with Crippen LogP contribution in [0.4, 0.5) is 4.11 Å². The van der Waals surface area contributed by atoms with Crippen molar-refractivity contribution in [3.63, 3.8) is 0 Å². The monoisotopic (exact) mass is 352 g/mol. The van der Waals surface area contributed by atoms with E-state index in [1.807, 2.05) is 39.8 Å². The SMILES string of the molecule is CC(C)[Si](F)(c1cccc(CCCOC2CCCCO2)c1)C(C)C. The molecule has 1 fully saturated rings. The average Bonchev–Trinajstić information content (AvgIpc) is 2.58. The van der Waals surface area contributed by atoms with Crippen molar-refractivity contribution < 1.29 is 13.6 Å². The normalized spacial score (nSPS) is 19.2. The van der Waals surface area contributed by atoms with Crippen molar-refractivity contribution in [2.45, 2.75) is 77.2 Å². The first-order valence-electron chi connectivity index (χ1n) is 9.46. The smallest absolute Gasteiger partial charge is 0.282 e. The zero-order valence-electron chi connectivity index (χ0n) is 15.7. The molecule has 0 saturated carbocycles. The molecule has 1 heterocycles. The first kappa shape index (κ1) is 19.6. The molecule has 1 aliphatic rings. The van der Waals surface area contributed by atoms with Gasteiger partial charge >= 0.3 is 0 Å². The van der Waals surface area contributed by atoms with Crippen molar-refractivity contribution in [2.75, 3.05) is 13.2 Å². The maximum Gasteiger partial charge on any atom is 0.282 e. The van der Waals surface area contributed by atoms with Crippen LogP contribution in [0.25, 0.3) is 0 Å². The molecule has 1 aromatic rings. The maximum absolute atomic E-state index is 15.7. The highest BCUT2D eigenvalue weighted by molar-refractivity contribution is 6.88. The van der Waals surface area contributed by atoms with E-state index in [4.69, 9.17) is 9.47 Å². The Morgan fingerprint density at radius 2 is 1.96 bits per heavy atom. The van der Waals surface area contributed by atoms with Crippen LogP contribution in [-0.4, -0.2) is 27.9 Å². The van der Waals surface area contributed by atoms with Gasteiger partial charge in [0.2, 0.25) is 0 Å². The van der Waals surface area contributed by atoms with Crippen molar-refractivity contribution in [1.82, 2.24) is 0 Å². The molecule has 1 unspecified atom stereocenters. The fourth-order valence-electron chi connectivity index (χ4n) is 3.63. The van der Waals surface area contributed by atoms with Crippen molar-refractivity contribution in [3.05, 3.63) is 29.8 Å². The Bertz CT molecular complexity index is 490. The highest BCUT2D eigenvalue weighted by Crippen LogP contribution is 2.33. The summed E-state index contributed by atoms with van der Waals surface area (Å²) >= 11 is 0. The average molecular weight is 353 g/mol. The van der Waals surface area contributed by atoms with E-state index in [1.165, 1.54) is 12.0 Å². The molecular weight excluding hydrogens is 319 g/mol. The van der Waals surface area contributed by atoms with Gasteiger partial charge in [-0.15, -0.1) is 0 Å². The second-order valence-electron chi connectivity index (χ2n) is 7.55. The third-order valence-corrected chi connectivity index (χ3v) is 9.66. The van der Waals surface area contributed by atoms with Gasteiger partial charge in [-0.05, 0) is 53.9 Å². The molecule has 0 radical (unpaired) electrons. The number of aryl methyl sites for hydroxylation is 1. The third-order valence-electron chi connectivity index (χ3n) is 5.10. The number of ether oxygens (including phenoxy) is 2.